The first-order valence-corrected chi connectivity index (χ1v) is 8.43. The van der Waals surface area contributed by atoms with Gasteiger partial charge in [-0.15, -0.1) is 0 Å². The SMILES string of the molecule is CCC(=O)Nc1cc(C(=O)NCCc2ccco2)nn1-c1ccccc1. The van der Waals surface area contributed by atoms with Gasteiger partial charge in [0.25, 0.3) is 5.91 Å². The largest absolute Gasteiger partial charge is 0.469 e. The average molecular weight is 352 g/mol. The third kappa shape index (κ3) is 4.18. The maximum atomic E-state index is 12.4. The van der Waals surface area contributed by atoms with E-state index in [2.05, 4.69) is 15.7 Å². The number of nitrogens with zero attached hydrogens (tertiary/aromatic N) is 2. The van der Waals surface area contributed by atoms with Crippen LogP contribution in [0.25, 0.3) is 5.69 Å². The Morgan fingerprint density at radius 2 is 1.96 bits per heavy atom. The maximum Gasteiger partial charge on any atom is 0.271 e. The number of hydrogen-bond acceptors (Lipinski definition) is 4. The van der Waals surface area contributed by atoms with E-state index in [0.717, 1.165) is 11.4 Å². The quantitative estimate of drug-likeness (QED) is 0.684. The number of amides is 2. The van der Waals surface area contributed by atoms with Gasteiger partial charge in [0, 0.05) is 25.5 Å². The number of carbonyl (C=O) groups excluding carboxylic acids is 2. The van der Waals surface area contributed by atoms with E-state index in [1.54, 1.807) is 30.0 Å². The van der Waals surface area contributed by atoms with Crippen molar-refractivity contribution >= 4 is 17.6 Å². The fourth-order valence-electron chi connectivity index (χ4n) is 2.42. The van der Waals surface area contributed by atoms with Crippen molar-refractivity contribution < 1.29 is 14.0 Å². The van der Waals surface area contributed by atoms with Gasteiger partial charge in [0.15, 0.2) is 5.69 Å². The number of rotatable bonds is 7. The maximum absolute atomic E-state index is 12.4. The Morgan fingerprint density at radius 3 is 2.65 bits per heavy atom. The number of aromatic nitrogens is 2. The molecule has 2 aromatic heterocycles. The van der Waals surface area contributed by atoms with Crippen molar-refractivity contribution in [2.75, 3.05) is 11.9 Å². The number of anilines is 1. The third-order valence-electron chi connectivity index (χ3n) is 3.77. The van der Waals surface area contributed by atoms with E-state index in [-0.39, 0.29) is 17.5 Å². The van der Waals surface area contributed by atoms with E-state index in [4.69, 9.17) is 4.42 Å². The van der Waals surface area contributed by atoms with Gasteiger partial charge in [-0.2, -0.15) is 5.10 Å². The molecule has 1 aromatic carbocycles. The Morgan fingerprint density at radius 1 is 1.15 bits per heavy atom. The summed E-state index contributed by atoms with van der Waals surface area (Å²) in [5.74, 6) is 0.806. The third-order valence-corrected chi connectivity index (χ3v) is 3.77. The van der Waals surface area contributed by atoms with Crippen LogP contribution in [-0.4, -0.2) is 28.1 Å². The average Bonchev–Trinajstić information content (AvgIpc) is 3.32. The van der Waals surface area contributed by atoms with Crippen LogP contribution in [0.1, 0.15) is 29.6 Å². The number of furan rings is 1. The summed E-state index contributed by atoms with van der Waals surface area (Å²) in [4.78, 5) is 24.2. The van der Waals surface area contributed by atoms with Crippen molar-refractivity contribution in [3.63, 3.8) is 0 Å². The number of carbonyl (C=O) groups is 2. The molecule has 0 radical (unpaired) electrons. The molecule has 0 atom stereocenters. The molecular weight excluding hydrogens is 332 g/mol. The van der Waals surface area contributed by atoms with Crippen molar-refractivity contribution in [2.24, 2.45) is 0 Å². The molecule has 134 valence electrons. The van der Waals surface area contributed by atoms with Crippen molar-refractivity contribution in [1.82, 2.24) is 15.1 Å². The van der Waals surface area contributed by atoms with Crippen LogP contribution in [-0.2, 0) is 11.2 Å². The molecule has 7 nitrogen and oxygen atoms in total. The first-order valence-electron chi connectivity index (χ1n) is 8.43. The highest BCUT2D eigenvalue weighted by Gasteiger charge is 2.16. The van der Waals surface area contributed by atoms with E-state index in [9.17, 15) is 9.59 Å². The normalized spacial score (nSPS) is 10.5. The zero-order valence-corrected chi connectivity index (χ0v) is 14.4. The Labute approximate surface area is 151 Å². The zero-order chi connectivity index (χ0) is 18.4. The molecule has 2 heterocycles. The predicted molar refractivity (Wildman–Crippen MR) is 97.2 cm³/mol. The van der Waals surface area contributed by atoms with Crippen LogP contribution in [0.3, 0.4) is 0 Å². The number of para-hydroxylation sites is 1. The Balaban J connectivity index is 1.76. The lowest BCUT2D eigenvalue weighted by molar-refractivity contribution is -0.115. The Hall–Kier alpha value is -3.35. The minimum atomic E-state index is -0.307. The number of benzene rings is 1. The lowest BCUT2D eigenvalue weighted by atomic mass is 10.3. The molecule has 2 N–H and O–H groups in total. The van der Waals surface area contributed by atoms with Crippen molar-refractivity contribution in [2.45, 2.75) is 19.8 Å². The van der Waals surface area contributed by atoms with Crippen LogP contribution < -0.4 is 10.6 Å². The molecule has 3 rings (SSSR count). The Bertz CT molecular complexity index is 870. The van der Waals surface area contributed by atoms with Crippen LogP contribution in [0.2, 0.25) is 0 Å². The molecule has 0 saturated heterocycles. The molecule has 3 aromatic rings. The van der Waals surface area contributed by atoms with Crippen LogP contribution in [0.4, 0.5) is 5.82 Å². The van der Waals surface area contributed by atoms with Crippen molar-refractivity contribution in [1.29, 1.82) is 0 Å². The summed E-state index contributed by atoms with van der Waals surface area (Å²) in [6.07, 6.45) is 2.53. The van der Waals surface area contributed by atoms with Gasteiger partial charge in [0.2, 0.25) is 5.91 Å². The summed E-state index contributed by atoms with van der Waals surface area (Å²) in [5.41, 5.74) is 0.994. The summed E-state index contributed by atoms with van der Waals surface area (Å²) < 4.78 is 6.79. The molecule has 0 aliphatic heterocycles. The fourth-order valence-corrected chi connectivity index (χ4v) is 2.42. The summed E-state index contributed by atoms with van der Waals surface area (Å²) in [5, 5.41) is 9.94. The first kappa shape index (κ1) is 17.5. The van der Waals surface area contributed by atoms with Crippen LogP contribution >= 0.6 is 0 Å². The molecule has 0 fully saturated rings. The number of hydrogen-bond donors (Lipinski definition) is 2. The lowest BCUT2D eigenvalue weighted by Gasteiger charge is -2.07. The van der Waals surface area contributed by atoms with Crippen molar-refractivity contribution in [3.8, 4) is 5.69 Å². The molecular formula is C19H20N4O3. The highest BCUT2D eigenvalue weighted by Crippen LogP contribution is 2.17. The lowest BCUT2D eigenvalue weighted by Crippen LogP contribution is -2.26. The van der Waals surface area contributed by atoms with Gasteiger partial charge in [-0.25, -0.2) is 4.68 Å². The van der Waals surface area contributed by atoms with E-state index in [1.807, 2.05) is 36.4 Å². The van der Waals surface area contributed by atoms with Gasteiger partial charge in [0.1, 0.15) is 11.6 Å². The van der Waals surface area contributed by atoms with Gasteiger partial charge in [-0.1, -0.05) is 25.1 Å². The molecule has 0 spiro atoms. The van der Waals surface area contributed by atoms with E-state index >= 15 is 0 Å². The number of nitrogens with one attached hydrogen (secondary N) is 2. The molecule has 0 aliphatic rings. The second-order valence-corrected chi connectivity index (χ2v) is 5.65. The molecule has 0 saturated carbocycles. The van der Waals surface area contributed by atoms with Gasteiger partial charge in [0.05, 0.1) is 12.0 Å². The smallest absolute Gasteiger partial charge is 0.271 e. The van der Waals surface area contributed by atoms with Gasteiger partial charge >= 0.3 is 0 Å². The van der Waals surface area contributed by atoms with E-state index < -0.39 is 0 Å². The van der Waals surface area contributed by atoms with Crippen LogP contribution in [0, 0.1) is 0 Å². The minimum Gasteiger partial charge on any atom is -0.469 e. The topological polar surface area (TPSA) is 89.2 Å². The highest BCUT2D eigenvalue weighted by molar-refractivity contribution is 5.95. The highest BCUT2D eigenvalue weighted by atomic mass is 16.3. The monoisotopic (exact) mass is 352 g/mol. The van der Waals surface area contributed by atoms with Crippen molar-refractivity contribution in [3.05, 3.63) is 66.2 Å². The summed E-state index contributed by atoms with van der Waals surface area (Å²) in [6, 6.07) is 14.6. The zero-order valence-electron chi connectivity index (χ0n) is 14.4. The van der Waals surface area contributed by atoms with Crippen LogP contribution in [0.15, 0.2) is 59.2 Å². The minimum absolute atomic E-state index is 0.146. The van der Waals surface area contributed by atoms with E-state index in [1.165, 1.54) is 0 Å². The molecule has 0 unspecified atom stereocenters. The second-order valence-electron chi connectivity index (χ2n) is 5.65. The van der Waals surface area contributed by atoms with E-state index in [0.29, 0.717) is 25.2 Å². The van der Waals surface area contributed by atoms with Crippen LogP contribution in [0.5, 0.6) is 0 Å². The Kier molecular flexibility index (Phi) is 5.48. The molecule has 0 aliphatic carbocycles. The molecule has 26 heavy (non-hydrogen) atoms. The van der Waals surface area contributed by atoms with Gasteiger partial charge in [-0.05, 0) is 24.3 Å². The molecule has 2 amide bonds. The summed E-state index contributed by atoms with van der Waals surface area (Å²) in [7, 11) is 0. The van der Waals surface area contributed by atoms with Gasteiger partial charge in [-0.3, -0.25) is 9.59 Å². The standard InChI is InChI=1S/C19H20N4O3/c1-2-18(24)21-17-13-16(22-23(17)14-7-4-3-5-8-14)19(25)20-11-10-15-9-6-12-26-15/h3-9,12-13H,2,10-11H2,1H3,(H,20,25)(H,21,24). The molecule has 7 heteroatoms. The second kappa shape index (κ2) is 8.15. The molecule has 0 bridgehead atoms. The summed E-state index contributed by atoms with van der Waals surface area (Å²) in [6.45, 7) is 2.20. The van der Waals surface area contributed by atoms with Gasteiger partial charge < -0.3 is 15.1 Å². The predicted octanol–water partition coefficient (Wildman–Crippen LogP) is 2.79. The summed E-state index contributed by atoms with van der Waals surface area (Å²) >= 11 is 0. The first-order chi connectivity index (χ1) is 12.7. The fraction of sp³-hybridized carbons (Fsp3) is 0.211.